The van der Waals surface area contributed by atoms with Gasteiger partial charge >= 0.3 is 0 Å². The number of hydrogen-bond donors (Lipinski definition) is 0. The van der Waals surface area contributed by atoms with Crippen LogP contribution in [0.2, 0.25) is 0 Å². The zero-order valence-electron chi connectivity index (χ0n) is 14.1. The highest BCUT2D eigenvalue weighted by Gasteiger charge is 2.23. The van der Waals surface area contributed by atoms with Crippen LogP contribution < -0.4 is 4.74 Å². The first kappa shape index (κ1) is 16.4. The Balaban J connectivity index is 1.69. The molecule has 1 aliphatic heterocycles. The van der Waals surface area contributed by atoms with Gasteiger partial charge in [-0.25, -0.2) is 4.68 Å². The Labute approximate surface area is 141 Å². The lowest BCUT2D eigenvalue weighted by molar-refractivity contribution is 0.0638. The number of amides is 1. The second-order valence-electron chi connectivity index (χ2n) is 5.73. The van der Waals surface area contributed by atoms with Crippen molar-refractivity contribution in [2.75, 3.05) is 32.7 Å². The van der Waals surface area contributed by atoms with E-state index >= 15 is 0 Å². The van der Waals surface area contributed by atoms with Crippen LogP contribution in [0, 0.1) is 0 Å². The molecule has 1 saturated heterocycles. The third-order valence-electron chi connectivity index (χ3n) is 4.29. The molecule has 128 valence electrons. The molecule has 0 unspecified atom stereocenters. The van der Waals surface area contributed by atoms with Crippen LogP contribution in [0.5, 0.6) is 5.75 Å². The highest BCUT2D eigenvalue weighted by atomic mass is 16.5. The maximum absolute atomic E-state index is 12.8. The van der Waals surface area contributed by atoms with Gasteiger partial charge in [0.15, 0.2) is 5.82 Å². The summed E-state index contributed by atoms with van der Waals surface area (Å²) in [5, 5.41) is 11.2. The predicted molar refractivity (Wildman–Crippen MR) is 87.6 cm³/mol. The molecule has 1 aromatic heterocycles. The van der Waals surface area contributed by atoms with E-state index in [1.807, 2.05) is 17.0 Å². The highest BCUT2D eigenvalue weighted by Crippen LogP contribution is 2.21. The first-order valence-electron chi connectivity index (χ1n) is 8.13. The number of ether oxygens (including phenoxy) is 1. The average Bonchev–Trinajstić information content (AvgIpc) is 3.04. The van der Waals surface area contributed by atoms with Crippen LogP contribution in [0.4, 0.5) is 0 Å². The number of nitrogens with zero attached hydrogens (tertiary/aromatic N) is 6. The summed E-state index contributed by atoms with van der Waals surface area (Å²) in [6, 6.07) is 7.32. The molecule has 1 amide bonds. The number of carbonyl (C=O) groups is 1. The van der Waals surface area contributed by atoms with Crippen LogP contribution in [-0.4, -0.2) is 68.6 Å². The van der Waals surface area contributed by atoms with Crippen LogP contribution >= 0.6 is 0 Å². The first-order chi connectivity index (χ1) is 11.7. The zero-order valence-corrected chi connectivity index (χ0v) is 14.1. The Hall–Kier alpha value is -2.48. The number of rotatable bonds is 5. The lowest BCUT2D eigenvalue weighted by Crippen LogP contribution is -2.48. The molecule has 0 N–H and O–H groups in total. The zero-order chi connectivity index (χ0) is 16.9. The van der Waals surface area contributed by atoms with Gasteiger partial charge in [0.05, 0.1) is 5.56 Å². The SMILES string of the molecule is CCN1CCN(C(=O)c2ccccc2OCc2nnnn2C)CC1. The smallest absolute Gasteiger partial charge is 0.257 e. The molecule has 0 saturated carbocycles. The minimum atomic E-state index is 0.0115. The molecule has 1 aromatic carbocycles. The van der Waals surface area contributed by atoms with Crippen molar-refractivity contribution in [2.24, 2.45) is 7.05 Å². The molecule has 0 atom stereocenters. The molecular weight excluding hydrogens is 308 g/mol. The lowest BCUT2D eigenvalue weighted by Gasteiger charge is -2.34. The number of likely N-dealkylation sites (N-methyl/N-ethyl adjacent to an activating group) is 1. The van der Waals surface area contributed by atoms with E-state index in [0.717, 1.165) is 32.7 Å². The van der Waals surface area contributed by atoms with Crippen molar-refractivity contribution in [1.29, 1.82) is 0 Å². The molecule has 1 fully saturated rings. The van der Waals surface area contributed by atoms with E-state index < -0.39 is 0 Å². The molecule has 8 nitrogen and oxygen atoms in total. The van der Waals surface area contributed by atoms with Gasteiger partial charge in [-0.05, 0) is 29.1 Å². The van der Waals surface area contributed by atoms with Crippen molar-refractivity contribution < 1.29 is 9.53 Å². The van der Waals surface area contributed by atoms with Gasteiger partial charge in [0, 0.05) is 33.2 Å². The van der Waals surface area contributed by atoms with E-state index in [4.69, 9.17) is 4.74 Å². The molecule has 0 spiro atoms. The standard InChI is InChI=1S/C16H22N6O2/c1-3-21-8-10-22(11-9-21)16(23)13-6-4-5-7-14(13)24-12-15-17-18-19-20(15)2/h4-7H,3,8-12H2,1-2H3. The van der Waals surface area contributed by atoms with Crippen molar-refractivity contribution >= 4 is 5.91 Å². The number of tetrazole rings is 1. The lowest BCUT2D eigenvalue weighted by atomic mass is 10.1. The molecule has 0 aliphatic carbocycles. The average molecular weight is 330 g/mol. The van der Waals surface area contributed by atoms with Gasteiger partial charge in [-0.3, -0.25) is 4.79 Å². The van der Waals surface area contributed by atoms with E-state index in [2.05, 4.69) is 27.3 Å². The van der Waals surface area contributed by atoms with Crippen LogP contribution in [0.25, 0.3) is 0 Å². The maximum Gasteiger partial charge on any atom is 0.257 e. The topological polar surface area (TPSA) is 76.4 Å². The van der Waals surface area contributed by atoms with E-state index in [0.29, 0.717) is 17.1 Å². The summed E-state index contributed by atoms with van der Waals surface area (Å²) in [5.74, 6) is 1.18. The number of aromatic nitrogens is 4. The van der Waals surface area contributed by atoms with Gasteiger partial charge in [-0.2, -0.15) is 0 Å². The third kappa shape index (κ3) is 3.53. The van der Waals surface area contributed by atoms with Crippen molar-refractivity contribution in [1.82, 2.24) is 30.0 Å². The normalized spacial score (nSPS) is 15.5. The number of carbonyl (C=O) groups excluding carboxylic acids is 1. The predicted octanol–water partition coefficient (Wildman–Crippen LogP) is 0.567. The minimum absolute atomic E-state index is 0.0115. The second kappa shape index (κ2) is 7.39. The fourth-order valence-corrected chi connectivity index (χ4v) is 2.72. The molecular formula is C16H22N6O2. The molecule has 8 heteroatoms. The Bertz CT molecular complexity index is 693. The quantitative estimate of drug-likeness (QED) is 0.798. The van der Waals surface area contributed by atoms with E-state index in [-0.39, 0.29) is 12.5 Å². The molecule has 2 heterocycles. The Morgan fingerprint density at radius 3 is 2.62 bits per heavy atom. The summed E-state index contributed by atoms with van der Waals surface area (Å²) in [7, 11) is 1.75. The van der Waals surface area contributed by atoms with Gasteiger partial charge in [0.2, 0.25) is 0 Å². The molecule has 0 radical (unpaired) electrons. The fourth-order valence-electron chi connectivity index (χ4n) is 2.72. The Morgan fingerprint density at radius 1 is 1.21 bits per heavy atom. The van der Waals surface area contributed by atoms with Crippen LogP contribution in [0.3, 0.4) is 0 Å². The third-order valence-corrected chi connectivity index (χ3v) is 4.29. The minimum Gasteiger partial charge on any atom is -0.485 e. The number of benzene rings is 1. The molecule has 3 rings (SSSR count). The number of aryl methyl sites for hydroxylation is 1. The summed E-state index contributed by atoms with van der Waals surface area (Å²) < 4.78 is 7.35. The fraction of sp³-hybridized carbons (Fsp3) is 0.500. The van der Waals surface area contributed by atoms with Crippen molar-refractivity contribution in [3.63, 3.8) is 0 Å². The van der Waals surface area contributed by atoms with Crippen LogP contribution in [-0.2, 0) is 13.7 Å². The summed E-state index contributed by atoms with van der Waals surface area (Å²) in [4.78, 5) is 17.1. The molecule has 2 aromatic rings. The van der Waals surface area contributed by atoms with E-state index in [1.165, 1.54) is 0 Å². The number of hydrogen-bond acceptors (Lipinski definition) is 6. The first-order valence-corrected chi connectivity index (χ1v) is 8.13. The Kier molecular flexibility index (Phi) is 5.05. The van der Waals surface area contributed by atoms with Crippen LogP contribution in [0.15, 0.2) is 24.3 Å². The van der Waals surface area contributed by atoms with E-state index in [9.17, 15) is 4.79 Å². The van der Waals surface area contributed by atoms with Gasteiger partial charge in [0.25, 0.3) is 5.91 Å². The second-order valence-corrected chi connectivity index (χ2v) is 5.73. The molecule has 0 bridgehead atoms. The summed E-state index contributed by atoms with van der Waals surface area (Å²) in [6.07, 6.45) is 0. The van der Waals surface area contributed by atoms with Crippen molar-refractivity contribution in [3.8, 4) is 5.75 Å². The number of para-hydroxylation sites is 1. The summed E-state index contributed by atoms with van der Waals surface area (Å²) >= 11 is 0. The monoisotopic (exact) mass is 330 g/mol. The highest BCUT2D eigenvalue weighted by molar-refractivity contribution is 5.97. The maximum atomic E-state index is 12.8. The van der Waals surface area contributed by atoms with Crippen LogP contribution in [0.1, 0.15) is 23.1 Å². The largest absolute Gasteiger partial charge is 0.485 e. The van der Waals surface area contributed by atoms with Crippen molar-refractivity contribution in [2.45, 2.75) is 13.5 Å². The van der Waals surface area contributed by atoms with Gasteiger partial charge in [-0.15, -0.1) is 5.10 Å². The number of piperazine rings is 1. The van der Waals surface area contributed by atoms with Crippen molar-refractivity contribution in [3.05, 3.63) is 35.7 Å². The van der Waals surface area contributed by atoms with Gasteiger partial charge in [-0.1, -0.05) is 19.1 Å². The van der Waals surface area contributed by atoms with Gasteiger partial charge < -0.3 is 14.5 Å². The summed E-state index contributed by atoms with van der Waals surface area (Å²) in [6.45, 7) is 6.70. The molecule has 1 aliphatic rings. The summed E-state index contributed by atoms with van der Waals surface area (Å²) in [5.41, 5.74) is 0.581. The molecule has 24 heavy (non-hydrogen) atoms. The van der Waals surface area contributed by atoms with Gasteiger partial charge in [0.1, 0.15) is 12.4 Å². The Morgan fingerprint density at radius 2 is 1.96 bits per heavy atom. The van der Waals surface area contributed by atoms with E-state index in [1.54, 1.807) is 23.9 Å².